The molecule has 0 spiro atoms. The van der Waals surface area contributed by atoms with Crippen molar-refractivity contribution in [1.82, 2.24) is 0 Å². The van der Waals surface area contributed by atoms with E-state index in [1.54, 1.807) is 13.0 Å². The van der Waals surface area contributed by atoms with E-state index in [1.807, 2.05) is 12.1 Å². The normalized spacial score (nSPS) is 30.0. The van der Waals surface area contributed by atoms with Crippen molar-refractivity contribution < 1.29 is 9.50 Å². The van der Waals surface area contributed by atoms with E-state index >= 15 is 0 Å². The molecule has 0 bridgehead atoms. The minimum Gasteiger partial charge on any atom is -0.393 e. The van der Waals surface area contributed by atoms with E-state index in [4.69, 9.17) is 0 Å². The van der Waals surface area contributed by atoms with Crippen molar-refractivity contribution >= 4 is 0 Å². The summed E-state index contributed by atoms with van der Waals surface area (Å²) < 4.78 is 13.4. The lowest BCUT2D eigenvalue weighted by Gasteiger charge is -2.41. The van der Waals surface area contributed by atoms with E-state index < -0.39 is 0 Å². The number of hydrogen-bond acceptors (Lipinski definition) is 1. The van der Waals surface area contributed by atoms with E-state index in [9.17, 15) is 9.50 Å². The van der Waals surface area contributed by atoms with Gasteiger partial charge >= 0.3 is 0 Å². The van der Waals surface area contributed by atoms with Gasteiger partial charge in [0, 0.05) is 0 Å². The summed E-state index contributed by atoms with van der Waals surface area (Å²) >= 11 is 0. The highest BCUT2D eigenvalue weighted by Gasteiger charge is 2.39. The number of rotatable bonds is 2. The molecule has 0 heterocycles. The molecule has 1 aromatic rings. The molecule has 0 aromatic heterocycles. The third-order valence-electron chi connectivity index (χ3n) is 3.60. The van der Waals surface area contributed by atoms with Crippen LogP contribution in [0.2, 0.25) is 0 Å². The predicted octanol–water partition coefficient (Wildman–Crippen LogP) is 3.01. The molecule has 15 heavy (non-hydrogen) atoms. The molecule has 1 aliphatic carbocycles. The first kappa shape index (κ1) is 10.6. The fraction of sp³-hybridized carbons (Fsp3) is 0.538. The molecule has 2 rings (SSSR count). The molecule has 1 aromatic carbocycles. The zero-order valence-corrected chi connectivity index (χ0v) is 9.20. The molecule has 1 N–H and O–H groups in total. The highest BCUT2D eigenvalue weighted by atomic mass is 19.1. The first-order valence-corrected chi connectivity index (χ1v) is 5.57. The van der Waals surface area contributed by atoms with Gasteiger partial charge in [-0.25, -0.2) is 4.39 Å². The van der Waals surface area contributed by atoms with Crippen LogP contribution in [0.4, 0.5) is 4.39 Å². The van der Waals surface area contributed by atoms with Crippen molar-refractivity contribution in [2.45, 2.75) is 38.7 Å². The molecule has 1 saturated carbocycles. The summed E-state index contributed by atoms with van der Waals surface area (Å²) in [4.78, 5) is 0. The largest absolute Gasteiger partial charge is 0.393 e. The van der Waals surface area contributed by atoms with E-state index in [0.717, 1.165) is 18.4 Å². The highest BCUT2D eigenvalue weighted by molar-refractivity contribution is 5.29. The number of aryl methyl sites for hydroxylation is 1. The summed E-state index contributed by atoms with van der Waals surface area (Å²) in [5.41, 5.74) is 1.72. The van der Waals surface area contributed by atoms with E-state index in [0.29, 0.717) is 17.4 Å². The second-order valence-corrected chi connectivity index (χ2v) is 4.49. The van der Waals surface area contributed by atoms with Crippen molar-refractivity contribution in [3.63, 3.8) is 0 Å². The monoisotopic (exact) mass is 208 g/mol. The predicted molar refractivity (Wildman–Crippen MR) is 58.3 cm³/mol. The molecule has 1 fully saturated rings. The van der Waals surface area contributed by atoms with Crippen LogP contribution in [0.3, 0.4) is 0 Å². The Hall–Kier alpha value is -0.890. The second-order valence-electron chi connectivity index (χ2n) is 4.49. The summed E-state index contributed by atoms with van der Waals surface area (Å²) in [7, 11) is 0. The van der Waals surface area contributed by atoms with E-state index in [1.165, 1.54) is 0 Å². The van der Waals surface area contributed by atoms with Gasteiger partial charge in [0.05, 0.1) is 6.10 Å². The Morgan fingerprint density at radius 2 is 2.20 bits per heavy atom. The zero-order valence-electron chi connectivity index (χ0n) is 9.20. The number of benzene rings is 1. The van der Waals surface area contributed by atoms with Gasteiger partial charge in [0.25, 0.3) is 0 Å². The van der Waals surface area contributed by atoms with Crippen molar-refractivity contribution in [1.29, 1.82) is 0 Å². The summed E-state index contributed by atoms with van der Waals surface area (Å²) in [6.45, 7) is 3.84. The Labute approximate surface area is 89.9 Å². The van der Waals surface area contributed by atoms with Crippen LogP contribution < -0.4 is 0 Å². The molecular formula is C13H17FO. The lowest BCUT2D eigenvalue weighted by Crippen LogP contribution is -2.39. The van der Waals surface area contributed by atoms with Gasteiger partial charge in [0.2, 0.25) is 0 Å². The van der Waals surface area contributed by atoms with E-state index in [2.05, 4.69) is 6.92 Å². The van der Waals surface area contributed by atoms with Crippen molar-refractivity contribution in [2.75, 3.05) is 0 Å². The average molecular weight is 208 g/mol. The zero-order chi connectivity index (χ0) is 11.0. The molecular weight excluding hydrogens is 191 g/mol. The Bertz CT molecular complexity index is 362. The smallest absolute Gasteiger partial charge is 0.126 e. The number of halogens is 1. The quantitative estimate of drug-likeness (QED) is 0.792. The lowest BCUT2D eigenvalue weighted by molar-refractivity contribution is -0.000821. The fourth-order valence-corrected chi connectivity index (χ4v) is 2.46. The van der Waals surface area contributed by atoms with Crippen LogP contribution >= 0.6 is 0 Å². The fourth-order valence-electron chi connectivity index (χ4n) is 2.46. The molecule has 3 unspecified atom stereocenters. The van der Waals surface area contributed by atoms with Crippen molar-refractivity contribution in [2.24, 2.45) is 5.92 Å². The second kappa shape index (κ2) is 3.93. The summed E-state index contributed by atoms with van der Waals surface area (Å²) in [5.74, 6) is 0.524. The molecule has 0 radical (unpaired) electrons. The van der Waals surface area contributed by atoms with Gasteiger partial charge in [-0.15, -0.1) is 0 Å². The molecule has 0 aliphatic heterocycles. The van der Waals surface area contributed by atoms with Crippen molar-refractivity contribution in [3.8, 4) is 0 Å². The van der Waals surface area contributed by atoms with E-state index in [-0.39, 0.29) is 11.9 Å². The van der Waals surface area contributed by atoms with Crippen LogP contribution in [0.15, 0.2) is 18.2 Å². The molecule has 0 saturated heterocycles. The molecule has 0 amide bonds. The topological polar surface area (TPSA) is 20.2 Å². The van der Waals surface area contributed by atoms with Gasteiger partial charge in [-0.2, -0.15) is 0 Å². The standard InChI is InChI=1S/C13H17FO/c1-3-10-11(7-13(10)15)9-5-4-8(2)12(14)6-9/h4-6,10-11,13,15H,3,7H2,1-2H3. The van der Waals surface area contributed by atoms with Crippen LogP contribution in [0.1, 0.15) is 36.8 Å². The lowest BCUT2D eigenvalue weighted by atomic mass is 9.66. The van der Waals surface area contributed by atoms with Gasteiger partial charge in [-0.05, 0) is 42.4 Å². The summed E-state index contributed by atoms with van der Waals surface area (Å²) in [6.07, 6.45) is 1.55. The maximum atomic E-state index is 13.4. The van der Waals surface area contributed by atoms with Crippen LogP contribution in [-0.4, -0.2) is 11.2 Å². The van der Waals surface area contributed by atoms with Gasteiger partial charge in [-0.1, -0.05) is 25.5 Å². The minimum atomic E-state index is -0.190. The Kier molecular flexibility index (Phi) is 2.79. The maximum Gasteiger partial charge on any atom is 0.126 e. The number of aliphatic hydroxyl groups excluding tert-OH is 1. The summed E-state index contributed by atoms with van der Waals surface area (Å²) in [6, 6.07) is 5.42. The average Bonchev–Trinajstić information content (AvgIpc) is 2.19. The summed E-state index contributed by atoms with van der Waals surface area (Å²) in [5, 5.41) is 9.57. The van der Waals surface area contributed by atoms with Crippen LogP contribution in [0.25, 0.3) is 0 Å². The van der Waals surface area contributed by atoms with Crippen LogP contribution in [0.5, 0.6) is 0 Å². The third-order valence-corrected chi connectivity index (χ3v) is 3.60. The van der Waals surface area contributed by atoms with Gasteiger partial charge in [0.1, 0.15) is 5.82 Å². The molecule has 1 nitrogen and oxygen atoms in total. The Morgan fingerprint density at radius 3 is 2.73 bits per heavy atom. The Balaban J connectivity index is 2.20. The Morgan fingerprint density at radius 1 is 1.47 bits per heavy atom. The maximum absolute atomic E-state index is 13.4. The molecule has 82 valence electrons. The van der Waals surface area contributed by atoms with Crippen LogP contribution in [0, 0.1) is 18.7 Å². The number of hydrogen-bond donors (Lipinski definition) is 1. The first-order valence-electron chi connectivity index (χ1n) is 5.57. The highest BCUT2D eigenvalue weighted by Crippen LogP contribution is 2.44. The number of aliphatic hydroxyl groups is 1. The van der Waals surface area contributed by atoms with Crippen molar-refractivity contribution in [3.05, 3.63) is 35.1 Å². The first-order chi connectivity index (χ1) is 7.13. The van der Waals surface area contributed by atoms with Gasteiger partial charge in [0.15, 0.2) is 0 Å². The third kappa shape index (κ3) is 1.78. The SMILES string of the molecule is CCC1C(O)CC1c1ccc(C)c(F)c1. The minimum absolute atomic E-state index is 0.135. The molecule has 2 heteroatoms. The van der Waals surface area contributed by atoms with Crippen LogP contribution in [-0.2, 0) is 0 Å². The van der Waals surface area contributed by atoms with Gasteiger partial charge < -0.3 is 5.11 Å². The van der Waals surface area contributed by atoms with Gasteiger partial charge in [-0.3, -0.25) is 0 Å². The molecule has 1 aliphatic rings. The molecule has 3 atom stereocenters.